The maximum absolute atomic E-state index is 4.69. The second-order valence-electron chi connectivity index (χ2n) is 4.86. The van der Waals surface area contributed by atoms with Crippen molar-refractivity contribution in [2.24, 2.45) is 0 Å². The van der Waals surface area contributed by atoms with Crippen LogP contribution >= 0.6 is 11.3 Å². The van der Waals surface area contributed by atoms with E-state index in [0.29, 0.717) is 12.0 Å². The minimum atomic E-state index is 0.555. The molecule has 16 heavy (non-hydrogen) atoms. The van der Waals surface area contributed by atoms with E-state index in [1.807, 2.05) is 0 Å². The molecule has 1 aromatic rings. The zero-order chi connectivity index (χ0) is 11.5. The molecule has 0 aromatic carbocycles. The van der Waals surface area contributed by atoms with E-state index in [1.165, 1.54) is 10.7 Å². The lowest BCUT2D eigenvalue weighted by atomic mass is 10.2. The maximum Gasteiger partial charge on any atom is 0.0954 e. The third kappa shape index (κ3) is 2.81. The fraction of sp³-hybridized carbons (Fsp3) is 0.750. The monoisotopic (exact) mass is 239 g/mol. The second-order valence-corrected chi connectivity index (χ2v) is 5.75. The summed E-state index contributed by atoms with van der Waals surface area (Å²) in [5.74, 6) is 0.555. The summed E-state index contributed by atoms with van der Waals surface area (Å²) < 4.78 is 0. The molecule has 1 fully saturated rings. The lowest BCUT2D eigenvalue weighted by Crippen LogP contribution is -2.49. The van der Waals surface area contributed by atoms with Crippen LogP contribution in [-0.4, -0.2) is 35.6 Å². The molecule has 0 aliphatic carbocycles. The molecular formula is C12H21N3S. The van der Waals surface area contributed by atoms with Crippen molar-refractivity contribution >= 4 is 11.3 Å². The zero-order valence-corrected chi connectivity index (χ0v) is 11.2. The number of thiazole rings is 1. The molecule has 1 aliphatic rings. The highest BCUT2D eigenvalue weighted by Gasteiger charge is 2.18. The number of piperazine rings is 1. The van der Waals surface area contributed by atoms with Gasteiger partial charge in [-0.25, -0.2) is 4.98 Å². The summed E-state index contributed by atoms with van der Waals surface area (Å²) in [4.78, 5) is 7.20. The number of rotatable bonds is 3. The summed E-state index contributed by atoms with van der Waals surface area (Å²) in [5.41, 5.74) is 1.24. The molecule has 1 aliphatic heterocycles. The van der Waals surface area contributed by atoms with Gasteiger partial charge in [0.15, 0.2) is 0 Å². The topological polar surface area (TPSA) is 28.2 Å². The van der Waals surface area contributed by atoms with Crippen LogP contribution in [0.5, 0.6) is 0 Å². The van der Waals surface area contributed by atoms with E-state index in [0.717, 1.165) is 26.2 Å². The average molecular weight is 239 g/mol. The Morgan fingerprint density at radius 3 is 3.06 bits per heavy atom. The summed E-state index contributed by atoms with van der Waals surface area (Å²) in [6, 6.07) is 0.623. The van der Waals surface area contributed by atoms with Crippen molar-refractivity contribution in [2.75, 3.05) is 19.6 Å². The maximum atomic E-state index is 4.69. The first kappa shape index (κ1) is 12.0. The Hall–Kier alpha value is -0.450. The molecule has 0 radical (unpaired) electrons. The standard InChI is InChI=1S/C12H21N3S/c1-9(2)12-14-11(8-16-12)7-15-5-4-13-6-10(15)3/h8-10,13H,4-7H2,1-3H3/t10-/m1/s1. The third-order valence-corrected chi connectivity index (χ3v) is 4.26. The van der Waals surface area contributed by atoms with Crippen molar-refractivity contribution in [3.8, 4) is 0 Å². The van der Waals surface area contributed by atoms with Gasteiger partial charge < -0.3 is 5.32 Å². The minimum Gasteiger partial charge on any atom is -0.314 e. The molecule has 90 valence electrons. The van der Waals surface area contributed by atoms with Crippen molar-refractivity contribution in [1.82, 2.24) is 15.2 Å². The Morgan fingerprint density at radius 2 is 2.44 bits per heavy atom. The largest absolute Gasteiger partial charge is 0.314 e. The van der Waals surface area contributed by atoms with Gasteiger partial charge >= 0.3 is 0 Å². The Labute approximate surface area is 102 Å². The number of aromatic nitrogens is 1. The fourth-order valence-electron chi connectivity index (χ4n) is 1.99. The Bertz CT molecular complexity index is 335. The smallest absolute Gasteiger partial charge is 0.0954 e. The highest BCUT2D eigenvalue weighted by Crippen LogP contribution is 2.20. The van der Waals surface area contributed by atoms with Crippen LogP contribution in [0.15, 0.2) is 5.38 Å². The summed E-state index contributed by atoms with van der Waals surface area (Å²) in [5, 5.41) is 6.89. The van der Waals surface area contributed by atoms with Crippen LogP contribution in [0.4, 0.5) is 0 Å². The van der Waals surface area contributed by atoms with E-state index in [4.69, 9.17) is 4.98 Å². The van der Waals surface area contributed by atoms with Gasteiger partial charge in [-0.2, -0.15) is 0 Å². The molecule has 2 heterocycles. The van der Waals surface area contributed by atoms with Gasteiger partial charge in [0.05, 0.1) is 10.7 Å². The number of nitrogens with zero attached hydrogens (tertiary/aromatic N) is 2. The fourth-order valence-corrected chi connectivity index (χ4v) is 2.81. The zero-order valence-electron chi connectivity index (χ0n) is 10.4. The Morgan fingerprint density at radius 1 is 1.62 bits per heavy atom. The SMILES string of the molecule is CC(C)c1nc(CN2CCNC[C@H]2C)cs1. The molecule has 0 unspecified atom stereocenters. The van der Waals surface area contributed by atoms with Gasteiger partial charge in [-0.15, -0.1) is 11.3 Å². The number of hydrogen-bond donors (Lipinski definition) is 1. The number of nitrogens with one attached hydrogen (secondary N) is 1. The van der Waals surface area contributed by atoms with Crippen molar-refractivity contribution in [3.63, 3.8) is 0 Å². The normalized spacial score (nSPS) is 22.9. The van der Waals surface area contributed by atoms with Crippen LogP contribution in [0.2, 0.25) is 0 Å². The van der Waals surface area contributed by atoms with Crippen LogP contribution < -0.4 is 5.32 Å². The second kappa shape index (κ2) is 5.25. The van der Waals surface area contributed by atoms with E-state index >= 15 is 0 Å². The Balaban J connectivity index is 1.97. The molecule has 1 atom stereocenters. The first-order chi connectivity index (χ1) is 7.66. The first-order valence-electron chi connectivity index (χ1n) is 6.06. The van der Waals surface area contributed by atoms with Gasteiger partial charge in [0.25, 0.3) is 0 Å². The predicted octanol–water partition coefficient (Wildman–Crippen LogP) is 2.06. The summed E-state index contributed by atoms with van der Waals surface area (Å²) in [6.07, 6.45) is 0. The van der Waals surface area contributed by atoms with E-state index in [1.54, 1.807) is 11.3 Å². The van der Waals surface area contributed by atoms with Crippen molar-refractivity contribution in [1.29, 1.82) is 0 Å². The Kier molecular flexibility index (Phi) is 3.95. The summed E-state index contributed by atoms with van der Waals surface area (Å²) in [6.45, 7) is 11.0. The predicted molar refractivity (Wildman–Crippen MR) is 68.9 cm³/mol. The van der Waals surface area contributed by atoms with Gasteiger partial charge in [0, 0.05) is 43.5 Å². The van der Waals surface area contributed by atoms with Gasteiger partial charge in [0.2, 0.25) is 0 Å². The van der Waals surface area contributed by atoms with Gasteiger partial charge in [-0.05, 0) is 6.92 Å². The van der Waals surface area contributed by atoms with Gasteiger partial charge in [-0.3, -0.25) is 4.90 Å². The van der Waals surface area contributed by atoms with Crippen molar-refractivity contribution in [3.05, 3.63) is 16.1 Å². The molecule has 1 N–H and O–H groups in total. The van der Waals surface area contributed by atoms with E-state index < -0.39 is 0 Å². The minimum absolute atomic E-state index is 0.555. The molecule has 1 aromatic heterocycles. The first-order valence-corrected chi connectivity index (χ1v) is 6.94. The van der Waals surface area contributed by atoms with Gasteiger partial charge in [-0.1, -0.05) is 13.8 Å². The van der Waals surface area contributed by atoms with Crippen LogP contribution in [0, 0.1) is 0 Å². The van der Waals surface area contributed by atoms with Crippen molar-refractivity contribution < 1.29 is 0 Å². The lowest BCUT2D eigenvalue weighted by Gasteiger charge is -2.33. The molecule has 0 amide bonds. The van der Waals surface area contributed by atoms with Crippen LogP contribution in [0.25, 0.3) is 0 Å². The van der Waals surface area contributed by atoms with Crippen LogP contribution in [0.1, 0.15) is 37.4 Å². The molecule has 3 nitrogen and oxygen atoms in total. The van der Waals surface area contributed by atoms with E-state index in [-0.39, 0.29) is 0 Å². The highest BCUT2D eigenvalue weighted by atomic mass is 32.1. The molecule has 2 rings (SSSR count). The molecule has 4 heteroatoms. The van der Waals surface area contributed by atoms with Gasteiger partial charge in [0.1, 0.15) is 0 Å². The number of hydrogen-bond acceptors (Lipinski definition) is 4. The summed E-state index contributed by atoms with van der Waals surface area (Å²) >= 11 is 1.79. The van der Waals surface area contributed by atoms with E-state index in [2.05, 4.69) is 36.4 Å². The molecule has 1 saturated heterocycles. The molecular weight excluding hydrogens is 218 g/mol. The van der Waals surface area contributed by atoms with Crippen LogP contribution in [0.3, 0.4) is 0 Å². The quantitative estimate of drug-likeness (QED) is 0.875. The third-order valence-electron chi connectivity index (χ3n) is 3.07. The van der Waals surface area contributed by atoms with Crippen molar-refractivity contribution in [2.45, 2.75) is 39.3 Å². The average Bonchev–Trinajstić information content (AvgIpc) is 2.70. The van der Waals surface area contributed by atoms with Crippen LogP contribution in [-0.2, 0) is 6.54 Å². The summed E-state index contributed by atoms with van der Waals surface area (Å²) in [7, 11) is 0. The molecule has 0 spiro atoms. The molecule has 0 bridgehead atoms. The lowest BCUT2D eigenvalue weighted by molar-refractivity contribution is 0.164. The molecule has 0 saturated carbocycles. The highest BCUT2D eigenvalue weighted by molar-refractivity contribution is 7.09. The van der Waals surface area contributed by atoms with E-state index in [9.17, 15) is 0 Å².